The molecule has 3 rings (SSSR count). The summed E-state index contributed by atoms with van der Waals surface area (Å²) in [5, 5.41) is 10.1. The maximum atomic E-state index is 12.8. The normalized spacial score (nSPS) is 16.2. The number of halogens is 1. The number of hydrogen-bond acceptors (Lipinski definition) is 5. The molecule has 1 unspecified atom stereocenters. The minimum atomic E-state index is -0.533. The van der Waals surface area contributed by atoms with Crippen LogP contribution in [-0.4, -0.2) is 28.7 Å². The second-order valence-corrected chi connectivity index (χ2v) is 6.73. The van der Waals surface area contributed by atoms with Crippen LogP contribution in [0, 0.1) is 5.82 Å². The standard InChI is InChI=1S/C17H17FN4O3S/c18-11-3-1-10(2-4-11)8-19-15(24)7-12-9-26-17(20-12)22-16(25)13-5-6-14(23)21-13/h1-4,9,13H,5-8H2,(H,19,24)(H,21,23)(H,20,22,25). The Kier molecular flexibility index (Phi) is 5.57. The zero-order chi connectivity index (χ0) is 18.5. The molecule has 0 spiro atoms. The lowest BCUT2D eigenvalue weighted by atomic mass is 10.2. The number of thiazole rings is 1. The molecule has 1 fully saturated rings. The second kappa shape index (κ2) is 8.05. The highest BCUT2D eigenvalue weighted by Gasteiger charge is 2.27. The van der Waals surface area contributed by atoms with E-state index in [1.807, 2.05) is 0 Å². The Morgan fingerprint density at radius 3 is 2.77 bits per heavy atom. The van der Waals surface area contributed by atoms with Gasteiger partial charge in [-0.1, -0.05) is 12.1 Å². The molecule has 0 bridgehead atoms. The van der Waals surface area contributed by atoms with Crippen LogP contribution < -0.4 is 16.0 Å². The molecular formula is C17H17FN4O3S. The minimum Gasteiger partial charge on any atom is -0.352 e. The monoisotopic (exact) mass is 376 g/mol. The van der Waals surface area contributed by atoms with Crippen LogP contribution in [-0.2, 0) is 27.3 Å². The Morgan fingerprint density at radius 2 is 2.08 bits per heavy atom. The number of nitrogens with zero attached hydrogens (tertiary/aromatic N) is 1. The maximum absolute atomic E-state index is 12.8. The summed E-state index contributed by atoms with van der Waals surface area (Å²) >= 11 is 1.22. The number of rotatable bonds is 6. The van der Waals surface area contributed by atoms with Crippen molar-refractivity contribution in [2.75, 3.05) is 5.32 Å². The molecule has 3 N–H and O–H groups in total. The van der Waals surface area contributed by atoms with Gasteiger partial charge in [0.05, 0.1) is 12.1 Å². The highest BCUT2D eigenvalue weighted by atomic mass is 32.1. The van der Waals surface area contributed by atoms with Crippen LogP contribution in [0.3, 0.4) is 0 Å². The smallest absolute Gasteiger partial charge is 0.248 e. The first-order valence-corrected chi connectivity index (χ1v) is 8.93. The average Bonchev–Trinajstić information content (AvgIpc) is 3.23. The van der Waals surface area contributed by atoms with E-state index in [4.69, 9.17) is 0 Å². The van der Waals surface area contributed by atoms with Gasteiger partial charge in [-0.3, -0.25) is 14.4 Å². The largest absolute Gasteiger partial charge is 0.352 e. The summed E-state index contributed by atoms with van der Waals surface area (Å²) < 4.78 is 12.8. The van der Waals surface area contributed by atoms with Gasteiger partial charge in [-0.2, -0.15) is 0 Å². The minimum absolute atomic E-state index is 0.0771. The molecule has 0 saturated carbocycles. The summed E-state index contributed by atoms with van der Waals surface area (Å²) in [6, 6.07) is 5.35. The van der Waals surface area contributed by atoms with Crippen molar-refractivity contribution in [1.29, 1.82) is 0 Å². The number of aromatic nitrogens is 1. The first kappa shape index (κ1) is 18.0. The van der Waals surface area contributed by atoms with Crippen molar-refractivity contribution in [2.45, 2.75) is 31.8 Å². The van der Waals surface area contributed by atoms with E-state index in [2.05, 4.69) is 20.9 Å². The predicted octanol–water partition coefficient (Wildman–Crippen LogP) is 1.36. The van der Waals surface area contributed by atoms with Crippen LogP contribution in [0.25, 0.3) is 0 Å². The number of carbonyl (C=O) groups is 3. The van der Waals surface area contributed by atoms with E-state index in [9.17, 15) is 18.8 Å². The molecule has 7 nitrogen and oxygen atoms in total. The van der Waals surface area contributed by atoms with Crippen molar-refractivity contribution in [3.8, 4) is 0 Å². The zero-order valence-corrected chi connectivity index (χ0v) is 14.6. The number of amides is 3. The lowest BCUT2D eigenvalue weighted by Crippen LogP contribution is -2.37. The first-order valence-electron chi connectivity index (χ1n) is 8.05. The van der Waals surface area contributed by atoms with Crippen molar-refractivity contribution in [2.24, 2.45) is 0 Å². The van der Waals surface area contributed by atoms with Crippen molar-refractivity contribution in [3.63, 3.8) is 0 Å². The van der Waals surface area contributed by atoms with Crippen LogP contribution >= 0.6 is 11.3 Å². The third kappa shape index (κ3) is 4.85. The fourth-order valence-electron chi connectivity index (χ4n) is 2.48. The highest BCUT2D eigenvalue weighted by molar-refractivity contribution is 7.13. The van der Waals surface area contributed by atoms with Crippen molar-refractivity contribution < 1.29 is 18.8 Å². The predicted molar refractivity (Wildman–Crippen MR) is 93.9 cm³/mol. The second-order valence-electron chi connectivity index (χ2n) is 5.87. The summed E-state index contributed by atoms with van der Waals surface area (Å²) in [6.07, 6.45) is 0.887. The number of carbonyl (C=O) groups excluding carboxylic acids is 3. The molecule has 9 heteroatoms. The van der Waals surface area contributed by atoms with Gasteiger partial charge in [0.15, 0.2) is 5.13 Å². The Labute approximate surface area is 153 Å². The molecular weight excluding hydrogens is 359 g/mol. The van der Waals surface area contributed by atoms with Crippen LogP contribution in [0.2, 0.25) is 0 Å². The topological polar surface area (TPSA) is 100 Å². The van der Waals surface area contributed by atoms with E-state index in [1.165, 1.54) is 23.5 Å². The Hall–Kier alpha value is -2.81. The third-order valence-electron chi connectivity index (χ3n) is 3.84. The Morgan fingerprint density at radius 1 is 1.31 bits per heavy atom. The van der Waals surface area contributed by atoms with Gasteiger partial charge in [-0.15, -0.1) is 11.3 Å². The molecule has 3 amide bonds. The molecule has 136 valence electrons. The molecule has 26 heavy (non-hydrogen) atoms. The summed E-state index contributed by atoms with van der Waals surface area (Å²) in [5.41, 5.74) is 1.34. The number of hydrogen-bond donors (Lipinski definition) is 3. The molecule has 1 aliphatic rings. The maximum Gasteiger partial charge on any atom is 0.248 e. The quantitative estimate of drug-likeness (QED) is 0.709. The van der Waals surface area contributed by atoms with Crippen molar-refractivity contribution in [1.82, 2.24) is 15.6 Å². The van der Waals surface area contributed by atoms with E-state index < -0.39 is 6.04 Å². The summed E-state index contributed by atoms with van der Waals surface area (Å²) in [6.45, 7) is 0.300. The van der Waals surface area contributed by atoms with Gasteiger partial charge in [-0.25, -0.2) is 9.37 Å². The van der Waals surface area contributed by atoms with Gasteiger partial charge in [0.1, 0.15) is 11.9 Å². The fraction of sp³-hybridized carbons (Fsp3) is 0.294. The lowest BCUT2D eigenvalue weighted by molar-refractivity contribution is -0.122. The van der Waals surface area contributed by atoms with E-state index in [0.29, 0.717) is 30.2 Å². The zero-order valence-electron chi connectivity index (χ0n) is 13.8. The molecule has 1 aromatic heterocycles. The van der Waals surface area contributed by atoms with Crippen LogP contribution in [0.4, 0.5) is 9.52 Å². The van der Waals surface area contributed by atoms with Crippen LogP contribution in [0.5, 0.6) is 0 Å². The molecule has 1 aliphatic heterocycles. The highest BCUT2D eigenvalue weighted by Crippen LogP contribution is 2.17. The van der Waals surface area contributed by atoms with E-state index in [-0.39, 0.29) is 30.0 Å². The Balaban J connectivity index is 1.46. The number of anilines is 1. The first-order chi connectivity index (χ1) is 12.5. The van der Waals surface area contributed by atoms with Gasteiger partial charge in [-0.05, 0) is 24.1 Å². The average molecular weight is 376 g/mol. The molecule has 2 aromatic rings. The van der Waals surface area contributed by atoms with E-state index in [1.54, 1.807) is 17.5 Å². The Bertz CT molecular complexity index is 822. The molecule has 1 aromatic carbocycles. The number of nitrogens with one attached hydrogen (secondary N) is 3. The SMILES string of the molecule is O=C(Cc1csc(NC(=O)C2CCC(=O)N2)n1)NCc1ccc(F)cc1. The fourth-order valence-corrected chi connectivity index (χ4v) is 3.19. The molecule has 1 saturated heterocycles. The van der Waals surface area contributed by atoms with Crippen molar-refractivity contribution >= 4 is 34.2 Å². The molecule has 2 heterocycles. The summed E-state index contributed by atoms with van der Waals surface area (Å²) in [4.78, 5) is 39.3. The van der Waals surface area contributed by atoms with Gasteiger partial charge >= 0.3 is 0 Å². The van der Waals surface area contributed by atoms with Gasteiger partial charge < -0.3 is 16.0 Å². The third-order valence-corrected chi connectivity index (χ3v) is 4.64. The molecule has 0 aliphatic carbocycles. The lowest BCUT2D eigenvalue weighted by Gasteiger charge is -2.08. The summed E-state index contributed by atoms with van der Waals surface area (Å²) in [7, 11) is 0. The van der Waals surface area contributed by atoms with Gasteiger partial charge in [0, 0.05) is 18.3 Å². The summed E-state index contributed by atoms with van der Waals surface area (Å²) in [5.74, 6) is -0.991. The van der Waals surface area contributed by atoms with E-state index >= 15 is 0 Å². The van der Waals surface area contributed by atoms with Gasteiger partial charge in [0.25, 0.3) is 0 Å². The van der Waals surface area contributed by atoms with Crippen LogP contribution in [0.15, 0.2) is 29.6 Å². The van der Waals surface area contributed by atoms with Crippen molar-refractivity contribution in [3.05, 3.63) is 46.7 Å². The molecule has 1 atom stereocenters. The van der Waals surface area contributed by atoms with Crippen LogP contribution in [0.1, 0.15) is 24.1 Å². The number of benzene rings is 1. The molecule has 0 radical (unpaired) electrons. The van der Waals surface area contributed by atoms with Gasteiger partial charge in [0.2, 0.25) is 17.7 Å². The van der Waals surface area contributed by atoms with E-state index in [0.717, 1.165) is 5.56 Å².